The third-order valence-electron chi connectivity index (χ3n) is 7.33. The zero-order chi connectivity index (χ0) is 33.6. The number of amides is 2. The van der Waals surface area contributed by atoms with Gasteiger partial charge in [-0.2, -0.15) is 0 Å². The first kappa shape index (κ1) is 35.0. The molecule has 7 nitrogen and oxygen atoms in total. The van der Waals surface area contributed by atoms with Crippen LogP contribution in [0.25, 0.3) is 0 Å². The van der Waals surface area contributed by atoms with Gasteiger partial charge in [-0.1, -0.05) is 107 Å². The maximum atomic E-state index is 14.6. The van der Waals surface area contributed by atoms with Gasteiger partial charge in [0.15, 0.2) is 0 Å². The standard InChI is InChI=1S/C36H39Cl2N3O4S/c1-25-14-18-28(19-15-25)23-40(32(35(43)39-36(3,4)5)22-27-10-7-6-8-11-27)33(42)24-41(31-13-9-12-30(37)34(31)38)46(44,45)29-20-16-26(2)17-21-29/h6-21,32H,22-24H2,1-5H3,(H,39,43). The smallest absolute Gasteiger partial charge is 0.264 e. The molecule has 0 fully saturated rings. The van der Waals surface area contributed by atoms with Crippen LogP contribution in [0.3, 0.4) is 0 Å². The fourth-order valence-electron chi connectivity index (χ4n) is 4.93. The molecule has 1 N–H and O–H groups in total. The molecule has 0 radical (unpaired) electrons. The van der Waals surface area contributed by atoms with Crippen molar-refractivity contribution in [2.24, 2.45) is 0 Å². The van der Waals surface area contributed by atoms with Crippen molar-refractivity contribution in [2.75, 3.05) is 10.8 Å². The Hall–Kier alpha value is -3.85. The Morgan fingerprint density at radius 3 is 1.96 bits per heavy atom. The Morgan fingerprint density at radius 1 is 0.783 bits per heavy atom. The highest BCUT2D eigenvalue weighted by atomic mass is 35.5. The first-order valence-corrected chi connectivity index (χ1v) is 17.1. The van der Waals surface area contributed by atoms with Gasteiger partial charge < -0.3 is 10.2 Å². The molecule has 242 valence electrons. The Kier molecular flexibility index (Phi) is 11.2. The van der Waals surface area contributed by atoms with Gasteiger partial charge in [-0.25, -0.2) is 8.42 Å². The van der Waals surface area contributed by atoms with Crippen LogP contribution in [0.4, 0.5) is 5.69 Å². The van der Waals surface area contributed by atoms with Crippen LogP contribution in [0, 0.1) is 13.8 Å². The van der Waals surface area contributed by atoms with Crippen LogP contribution in [0.5, 0.6) is 0 Å². The first-order chi connectivity index (χ1) is 21.7. The molecule has 0 bridgehead atoms. The summed E-state index contributed by atoms with van der Waals surface area (Å²) in [4.78, 5) is 30.0. The first-order valence-electron chi connectivity index (χ1n) is 14.9. The number of aryl methyl sites for hydroxylation is 2. The number of rotatable bonds is 11. The van der Waals surface area contributed by atoms with Crippen molar-refractivity contribution in [1.29, 1.82) is 0 Å². The van der Waals surface area contributed by atoms with E-state index < -0.39 is 34.1 Å². The quantitative estimate of drug-likeness (QED) is 0.179. The summed E-state index contributed by atoms with van der Waals surface area (Å²) in [5, 5.41) is 3.16. The topological polar surface area (TPSA) is 86.8 Å². The van der Waals surface area contributed by atoms with Gasteiger partial charge in [-0.05, 0) is 70.0 Å². The molecule has 0 saturated heterocycles. The van der Waals surface area contributed by atoms with Crippen LogP contribution in [0.1, 0.15) is 43.0 Å². The second kappa shape index (κ2) is 14.7. The summed E-state index contributed by atoms with van der Waals surface area (Å²) in [5.41, 5.74) is 3.02. The van der Waals surface area contributed by atoms with Crippen molar-refractivity contribution in [2.45, 2.75) is 64.1 Å². The molecule has 0 aliphatic carbocycles. The van der Waals surface area contributed by atoms with Gasteiger partial charge in [0.05, 0.1) is 20.6 Å². The Labute approximate surface area is 282 Å². The molecular weight excluding hydrogens is 641 g/mol. The maximum absolute atomic E-state index is 14.6. The molecule has 0 aliphatic heterocycles. The molecule has 46 heavy (non-hydrogen) atoms. The molecule has 0 aromatic heterocycles. The maximum Gasteiger partial charge on any atom is 0.264 e. The fraction of sp³-hybridized carbons (Fsp3) is 0.278. The molecule has 4 aromatic carbocycles. The summed E-state index contributed by atoms with van der Waals surface area (Å²) in [6.45, 7) is 8.86. The van der Waals surface area contributed by atoms with Crippen molar-refractivity contribution in [3.05, 3.63) is 129 Å². The van der Waals surface area contributed by atoms with E-state index in [1.807, 2.05) is 89.2 Å². The minimum absolute atomic E-state index is 0.0101. The highest BCUT2D eigenvalue weighted by Crippen LogP contribution is 2.35. The van der Waals surface area contributed by atoms with E-state index in [4.69, 9.17) is 23.2 Å². The normalized spacial score (nSPS) is 12.3. The van der Waals surface area contributed by atoms with E-state index in [9.17, 15) is 18.0 Å². The number of hydrogen-bond donors (Lipinski definition) is 1. The monoisotopic (exact) mass is 679 g/mol. The number of carbonyl (C=O) groups excluding carboxylic acids is 2. The van der Waals surface area contributed by atoms with Gasteiger partial charge in [0.2, 0.25) is 11.8 Å². The summed E-state index contributed by atoms with van der Waals surface area (Å²) in [6, 6.07) is 27.1. The van der Waals surface area contributed by atoms with Gasteiger partial charge in [0.1, 0.15) is 12.6 Å². The molecule has 0 heterocycles. The van der Waals surface area contributed by atoms with Crippen molar-refractivity contribution >= 4 is 50.7 Å². The lowest BCUT2D eigenvalue weighted by molar-refractivity contribution is -0.140. The molecule has 2 amide bonds. The summed E-state index contributed by atoms with van der Waals surface area (Å²) < 4.78 is 29.4. The average molecular weight is 681 g/mol. The zero-order valence-corrected chi connectivity index (χ0v) is 29.0. The van der Waals surface area contributed by atoms with E-state index in [0.717, 1.165) is 26.6 Å². The molecule has 1 atom stereocenters. The highest BCUT2D eigenvalue weighted by Gasteiger charge is 2.36. The molecular formula is C36H39Cl2N3O4S. The van der Waals surface area contributed by atoms with Crippen molar-refractivity contribution in [3.8, 4) is 0 Å². The third kappa shape index (κ3) is 8.90. The predicted molar refractivity (Wildman–Crippen MR) is 186 cm³/mol. The van der Waals surface area contributed by atoms with Gasteiger partial charge in [0.25, 0.3) is 10.0 Å². The number of halogens is 2. The lowest BCUT2D eigenvalue weighted by Gasteiger charge is -2.35. The summed E-state index contributed by atoms with van der Waals surface area (Å²) in [7, 11) is -4.31. The zero-order valence-electron chi connectivity index (χ0n) is 26.6. The molecule has 4 aromatic rings. The predicted octanol–water partition coefficient (Wildman–Crippen LogP) is 7.36. The molecule has 10 heteroatoms. The van der Waals surface area contributed by atoms with E-state index in [1.54, 1.807) is 24.3 Å². The number of sulfonamides is 1. The van der Waals surface area contributed by atoms with E-state index in [2.05, 4.69) is 5.32 Å². The number of anilines is 1. The summed E-state index contributed by atoms with van der Waals surface area (Å²) >= 11 is 12.9. The van der Waals surface area contributed by atoms with Crippen molar-refractivity contribution < 1.29 is 18.0 Å². The molecule has 4 rings (SSSR count). The molecule has 0 aliphatic rings. The second-order valence-corrected chi connectivity index (χ2v) is 15.0. The van der Waals surface area contributed by atoms with Crippen LogP contribution in [-0.2, 0) is 32.6 Å². The van der Waals surface area contributed by atoms with E-state index >= 15 is 0 Å². The Balaban J connectivity index is 1.84. The third-order valence-corrected chi connectivity index (χ3v) is 9.91. The van der Waals surface area contributed by atoms with Crippen LogP contribution >= 0.6 is 23.2 Å². The van der Waals surface area contributed by atoms with Crippen LogP contribution in [-0.4, -0.2) is 43.3 Å². The van der Waals surface area contributed by atoms with Crippen LogP contribution in [0.2, 0.25) is 10.0 Å². The van der Waals surface area contributed by atoms with Crippen LogP contribution in [0.15, 0.2) is 102 Å². The lowest BCUT2D eigenvalue weighted by Crippen LogP contribution is -2.56. The summed E-state index contributed by atoms with van der Waals surface area (Å²) in [5.74, 6) is -0.942. The second-order valence-electron chi connectivity index (χ2n) is 12.3. The van der Waals surface area contributed by atoms with Gasteiger partial charge >= 0.3 is 0 Å². The number of hydrogen-bond acceptors (Lipinski definition) is 4. The van der Waals surface area contributed by atoms with Crippen molar-refractivity contribution in [1.82, 2.24) is 10.2 Å². The number of carbonyl (C=O) groups is 2. The minimum atomic E-state index is -4.31. The lowest BCUT2D eigenvalue weighted by atomic mass is 10.0. The van der Waals surface area contributed by atoms with Gasteiger partial charge in [-0.3, -0.25) is 13.9 Å². The van der Waals surface area contributed by atoms with E-state index in [-0.39, 0.29) is 39.5 Å². The average Bonchev–Trinajstić information content (AvgIpc) is 3.00. The number of benzene rings is 4. The fourth-order valence-corrected chi connectivity index (χ4v) is 6.81. The Morgan fingerprint density at radius 2 is 1.37 bits per heavy atom. The van der Waals surface area contributed by atoms with Crippen LogP contribution < -0.4 is 9.62 Å². The highest BCUT2D eigenvalue weighted by molar-refractivity contribution is 7.92. The summed E-state index contributed by atoms with van der Waals surface area (Å²) in [6.07, 6.45) is 0.211. The van der Waals surface area contributed by atoms with Gasteiger partial charge in [0, 0.05) is 18.5 Å². The van der Waals surface area contributed by atoms with Gasteiger partial charge in [-0.15, -0.1) is 0 Å². The number of nitrogens with zero attached hydrogens (tertiary/aromatic N) is 2. The SMILES string of the molecule is Cc1ccc(CN(C(=O)CN(c2cccc(Cl)c2Cl)S(=O)(=O)c2ccc(C)cc2)C(Cc2ccccc2)C(=O)NC(C)(C)C)cc1. The number of nitrogens with one attached hydrogen (secondary N) is 1. The minimum Gasteiger partial charge on any atom is -0.350 e. The van der Waals surface area contributed by atoms with E-state index in [0.29, 0.717) is 0 Å². The largest absolute Gasteiger partial charge is 0.350 e. The molecule has 0 spiro atoms. The van der Waals surface area contributed by atoms with E-state index in [1.165, 1.54) is 23.1 Å². The van der Waals surface area contributed by atoms with Crippen molar-refractivity contribution in [3.63, 3.8) is 0 Å². The Bertz CT molecular complexity index is 1770. The molecule has 0 saturated carbocycles. The molecule has 1 unspecified atom stereocenters.